The van der Waals surface area contributed by atoms with Crippen LogP contribution in [0.4, 0.5) is 0 Å². The second-order valence-electron chi connectivity index (χ2n) is 4.59. The van der Waals surface area contributed by atoms with Gasteiger partial charge < -0.3 is 4.74 Å². The molecule has 1 aromatic rings. The third-order valence-corrected chi connectivity index (χ3v) is 3.16. The zero-order valence-corrected chi connectivity index (χ0v) is 10.5. The molecule has 1 aliphatic rings. The van der Waals surface area contributed by atoms with Crippen molar-refractivity contribution in [3.05, 3.63) is 29.3 Å². The minimum absolute atomic E-state index is 0.157. The van der Waals surface area contributed by atoms with Crippen LogP contribution in [0.3, 0.4) is 0 Å². The Morgan fingerprint density at radius 3 is 3.12 bits per heavy atom. The largest absolute Gasteiger partial charge is 0.488 e. The third-order valence-electron chi connectivity index (χ3n) is 3.16. The van der Waals surface area contributed by atoms with Gasteiger partial charge >= 0.3 is 0 Å². The van der Waals surface area contributed by atoms with Crippen molar-refractivity contribution in [2.45, 2.75) is 38.8 Å². The molecule has 0 saturated heterocycles. The summed E-state index contributed by atoms with van der Waals surface area (Å²) in [6, 6.07) is 6.51. The van der Waals surface area contributed by atoms with Gasteiger partial charge in [-0.3, -0.25) is 5.32 Å². The van der Waals surface area contributed by atoms with E-state index < -0.39 is 0 Å². The lowest BCUT2D eigenvalue weighted by atomic mass is 10.1. The Kier molecular flexibility index (Phi) is 3.71. The maximum Gasteiger partial charge on any atom is 0.123 e. The van der Waals surface area contributed by atoms with Crippen molar-refractivity contribution >= 4 is 0 Å². The van der Waals surface area contributed by atoms with Gasteiger partial charge in [-0.1, -0.05) is 30.5 Å². The summed E-state index contributed by atoms with van der Waals surface area (Å²) < 4.78 is 5.87. The molecule has 2 nitrogen and oxygen atoms in total. The lowest BCUT2D eigenvalue weighted by molar-refractivity contribution is 0.224. The maximum absolute atomic E-state index is 5.87. The van der Waals surface area contributed by atoms with E-state index >= 15 is 0 Å². The first kappa shape index (κ1) is 12.0. The number of hydrogen-bond acceptors (Lipinski definition) is 2. The van der Waals surface area contributed by atoms with Gasteiger partial charge in [-0.25, -0.2) is 0 Å². The monoisotopic (exact) mass is 229 g/mol. The Hall–Kier alpha value is -1.46. The number of hydrogen-bond donors (Lipinski definition) is 1. The smallest absolute Gasteiger partial charge is 0.123 e. The van der Waals surface area contributed by atoms with Crippen LogP contribution >= 0.6 is 0 Å². The summed E-state index contributed by atoms with van der Waals surface area (Å²) in [5.74, 6) is 3.76. The summed E-state index contributed by atoms with van der Waals surface area (Å²) in [7, 11) is 0. The van der Waals surface area contributed by atoms with Crippen molar-refractivity contribution in [3.63, 3.8) is 0 Å². The van der Waals surface area contributed by atoms with Crippen LogP contribution in [-0.4, -0.2) is 18.7 Å². The summed E-state index contributed by atoms with van der Waals surface area (Å²) in [4.78, 5) is 0. The van der Waals surface area contributed by atoms with E-state index in [1.165, 1.54) is 11.1 Å². The number of benzene rings is 1. The predicted molar refractivity (Wildman–Crippen MR) is 70.2 cm³/mol. The van der Waals surface area contributed by atoms with Crippen LogP contribution in [0.15, 0.2) is 18.2 Å². The van der Waals surface area contributed by atoms with Gasteiger partial charge in [0.1, 0.15) is 11.9 Å². The van der Waals surface area contributed by atoms with E-state index in [1.807, 2.05) is 0 Å². The average Bonchev–Trinajstić information content (AvgIpc) is 2.72. The molecule has 2 atom stereocenters. The van der Waals surface area contributed by atoms with Crippen LogP contribution in [-0.2, 0) is 6.42 Å². The quantitative estimate of drug-likeness (QED) is 0.800. The molecule has 17 heavy (non-hydrogen) atoms. The van der Waals surface area contributed by atoms with Crippen molar-refractivity contribution in [1.29, 1.82) is 0 Å². The molecule has 1 heterocycles. The fourth-order valence-electron chi connectivity index (χ4n) is 2.16. The summed E-state index contributed by atoms with van der Waals surface area (Å²) >= 11 is 0. The van der Waals surface area contributed by atoms with Crippen LogP contribution in [0.5, 0.6) is 5.75 Å². The lowest BCUT2D eigenvalue weighted by Gasteiger charge is -2.15. The fourth-order valence-corrected chi connectivity index (χ4v) is 2.16. The molecule has 90 valence electrons. The van der Waals surface area contributed by atoms with E-state index in [0.717, 1.165) is 25.1 Å². The third kappa shape index (κ3) is 2.81. The number of terminal acetylenes is 1. The summed E-state index contributed by atoms with van der Waals surface area (Å²) in [6.45, 7) is 5.01. The first-order valence-corrected chi connectivity index (χ1v) is 6.18. The van der Waals surface area contributed by atoms with E-state index in [9.17, 15) is 0 Å². The Morgan fingerprint density at radius 1 is 1.59 bits per heavy atom. The Labute approximate surface area is 103 Å². The molecule has 2 unspecified atom stereocenters. The number of nitrogens with one attached hydrogen (secondary N) is 1. The zero-order valence-electron chi connectivity index (χ0n) is 10.5. The molecule has 0 radical (unpaired) electrons. The molecule has 0 aromatic heterocycles. The summed E-state index contributed by atoms with van der Waals surface area (Å²) in [6.07, 6.45) is 7.57. The zero-order chi connectivity index (χ0) is 12.3. The number of aryl methyl sites for hydroxylation is 1. The van der Waals surface area contributed by atoms with Crippen LogP contribution in [0.1, 0.15) is 24.5 Å². The van der Waals surface area contributed by atoms with Crippen LogP contribution in [0.25, 0.3) is 0 Å². The molecule has 2 rings (SSSR count). The number of rotatable bonds is 4. The Bertz CT molecular complexity index is 433. The minimum atomic E-state index is 0.157. The molecule has 2 heteroatoms. The van der Waals surface area contributed by atoms with Gasteiger partial charge in [-0.2, -0.15) is 0 Å². The fraction of sp³-hybridized carbons (Fsp3) is 0.467. The van der Waals surface area contributed by atoms with E-state index in [4.69, 9.17) is 11.2 Å². The molecule has 0 bridgehead atoms. The Morgan fingerprint density at radius 2 is 2.41 bits per heavy atom. The topological polar surface area (TPSA) is 21.3 Å². The second-order valence-corrected chi connectivity index (χ2v) is 4.59. The summed E-state index contributed by atoms with van der Waals surface area (Å²) in [5, 5.41) is 3.35. The van der Waals surface area contributed by atoms with Gasteiger partial charge in [-0.05, 0) is 25.0 Å². The molecule has 0 saturated carbocycles. The van der Waals surface area contributed by atoms with Crippen molar-refractivity contribution in [3.8, 4) is 18.1 Å². The van der Waals surface area contributed by atoms with Gasteiger partial charge in [0, 0.05) is 13.0 Å². The molecule has 1 aromatic carbocycles. The van der Waals surface area contributed by atoms with E-state index in [0.29, 0.717) is 0 Å². The maximum atomic E-state index is 5.87. The lowest BCUT2D eigenvalue weighted by Crippen LogP contribution is -2.36. The predicted octanol–water partition coefficient (Wildman–Crippen LogP) is 2.30. The highest BCUT2D eigenvalue weighted by Crippen LogP contribution is 2.29. The molecule has 1 N–H and O–H groups in total. The SMILES string of the molecule is C#CC(CC)NCC1Cc2cc(C)ccc2O1. The molecule has 0 amide bonds. The average molecular weight is 229 g/mol. The van der Waals surface area contributed by atoms with E-state index in [2.05, 4.69) is 43.3 Å². The normalized spacial score (nSPS) is 19.2. The number of fused-ring (bicyclic) bond motifs is 1. The molecule has 0 fully saturated rings. The van der Waals surface area contributed by atoms with E-state index in [1.54, 1.807) is 0 Å². The van der Waals surface area contributed by atoms with Crippen molar-refractivity contribution in [1.82, 2.24) is 5.32 Å². The first-order valence-electron chi connectivity index (χ1n) is 6.18. The van der Waals surface area contributed by atoms with Crippen molar-refractivity contribution < 1.29 is 4.74 Å². The molecule has 0 aliphatic carbocycles. The van der Waals surface area contributed by atoms with Gasteiger partial charge in [0.05, 0.1) is 6.04 Å². The number of ether oxygens (including phenoxy) is 1. The Balaban J connectivity index is 1.90. The second kappa shape index (κ2) is 5.25. The van der Waals surface area contributed by atoms with Crippen molar-refractivity contribution in [2.75, 3.05) is 6.54 Å². The van der Waals surface area contributed by atoms with Gasteiger partial charge in [-0.15, -0.1) is 6.42 Å². The highest BCUT2D eigenvalue weighted by atomic mass is 16.5. The van der Waals surface area contributed by atoms with Crippen LogP contribution in [0.2, 0.25) is 0 Å². The molecule has 1 aliphatic heterocycles. The van der Waals surface area contributed by atoms with Gasteiger partial charge in [0.15, 0.2) is 0 Å². The molecular formula is C15H19NO. The van der Waals surface area contributed by atoms with Crippen molar-refractivity contribution in [2.24, 2.45) is 0 Å². The van der Waals surface area contributed by atoms with Crippen LogP contribution in [0, 0.1) is 19.3 Å². The van der Waals surface area contributed by atoms with E-state index in [-0.39, 0.29) is 12.1 Å². The minimum Gasteiger partial charge on any atom is -0.488 e. The summed E-state index contributed by atoms with van der Waals surface area (Å²) in [5.41, 5.74) is 2.60. The standard InChI is InChI=1S/C15H19NO/c1-4-13(5-2)16-10-14-9-12-8-11(3)6-7-15(12)17-14/h1,6-8,13-14,16H,5,9-10H2,2-3H3. The first-order chi connectivity index (χ1) is 8.22. The molecule has 0 spiro atoms. The van der Waals surface area contributed by atoms with Gasteiger partial charge in [0.25, 0.3) is 0 Å². The van der Waals surface area contributed by atoms with Gasteiger partial charge in [0.2, 0.25) is 0 Å². The highest BCUT2D eigenvalue weighted by molar-refractivity contribution is 5.40. The van der Waals surface area contributed by atoms with Crippen LogP contribution < -0.4 is 10.1 Å². The molecular weight excluding hydrogens is 210 g/mol. The highest BCUT2D eigenvalue weighted by Gasteiger charge is 2.22.